The number of carboxylic acid groups (broad SMARTS) is 1. The third-order valence-electron chi connectivity index (χ3n) is 2.83. The Hall–Kier alpha value is -1.71. The molecule has 0 aromatic heterocycles. The molecule has 0 unspecified atom stereocenters. The maximum Gasteiger partial charge on any atom is 0.471 e. The lowest BCUT2D eigenvalue weighted by Crippen LogP contribution is -2.49. The third kappa shape index (κ3) is 2.52. The lowest BCUT2D eigenvalue weighted by molar-refractivity contribution is -0.187. The highest BCUT2D eigenvalue weighted by Crippen LogP contribution is 2.32. The van der Waals surface area contributed by atoms with Gasteiger partial charge in [-0.1, -0.05) is 5.92 Å². The molecule has 0 bridgehead atoms. The minimum absolute atomic E-state index is 0.166. The van der Waals surface area contributed by atoms with E-state index in [2.05, 4.69) is 5.92 Å². The zero-order valence-electron chi connectivity index (χ0n) is 8.75. The van der Waals surface area contributed by atoms with Crippen molar-refractivity contribution < 1.29 is 27.9 Å². The van der Waals surface area contributed by atoms with Crippen molar-refractivity contribution >= 4 is 11.9 Å². The second kappa shape index (κ2) is 4.28. The van der Waals surface area contributed by atoms with Crippen LogP contribution in [0.25, 0.3) is 0 Å². The smallest absolute Gasteiger partial charge is 0.471 e. The number of halogens is 3. The van der Waals surface area contributed by atoms with E-state index in [1.54, 1.807) is 0 Å². The average Bonchev–Trinajstić information content (AvgIpc) is 2.26. The largest absolute Gasteiger partial charge is 0.480 e. The van der Waals surface area contributed by atoms with Crippen LogP contribution < -0.4 is 0 Å². The van der Waals surface area contributed by atoms with E-state index in [1.807, 2.05) is 0 Å². The topological polar surface area (TPSA) is 57.6 Å². The van der Waals surface area contributed by atoms with Crippen molar-refractivity contribution in [3.05, 3.63) is 0 Å². The monoisotopic (exact) mass is 249 g/mol. The van der Waals surface area contributed by atoms with E-state index in [9.17, 15) is 22.8 Å². The van der Waals surface area contributed by atoms with Gasteiger partial charge in [0.15, 0.2) is 0 Å². The van der Waals surface area contributed by atoms with Gasteiger partial charge in [0.05, 0.1) is 0 Å². The SMILES string of the molecule is C#CC1(C(=O)O)CCN(C(=O)C(F)(F)F)CC1. The number of piperidine rings is 1. The Labute approximate surface area is 95.4 Å². The first-order chi connectivity index (χ1) is 7.73. The highest BCUT2D eigenvalue weighted by Gasteiger charge is 2.47. The van der Waals surface area contributed by atoms with Gasteiger partial charge in [0.25, 0.3) is 0 Å². The number of carbonyl (C=O) groups is 2. The molecule has 0 radical (unpaired) electrons. The predicted molar refractivity (Wildman–Crippen MR) is 50.8 cm³/mol. The van der Waals surface area contributed by atoms with Gasteiger partial charge in [-0.15, -0.1) is 6.42 Å². The molecule has 7 heteroatoms. The molecule has 1 aliphatic heterocycles. The number of hydrogen-bond acceptors (Lipinski definition) is 2. The van der Waals surface area contributed by atoms with Crippen LogP contribution in [0.1, 0.15) is 12.8 Å². The van der Waals surface area contributed by atoms with Crippen LogP contribution in [0.5, 0.6) is 0 Å². The molecule has 1 aliphatic rings. The summed E-state index contributed by atoms with van der Waals surface area (Å²) in [6, 6.07) is 0. The first-order valence-corrected chi connectivity index (χ1v) is 4.80. The Kier molecular flexibility index (Phi) is 3.36. The molecule has 0 atom stereocenters. The maximum absolute atomic E-state index is 12.1. The Morgan fingerprint density at radius 3 is 2.06 bits per heavy atom. The molecule has 1 heterocycles. The van der Waals surface area contributed by atoms with Crippen molar-refractivity contribution in [3.8, 4) is 12.3 Å². The summed E-state index contributed by atoms with van der Waals surface area (Å²) in [5.41, 5.74) is -1.46. The van der Waals surface area contributed by atoms with Gasteiger partial charge in [-0.2, -0.15) is 13.2 Å². The fourth-order valence-corrected chi connectivity index (χ4v) is 1.69. The predicted octanol–water partition coefficient (Wildman–Crippen LogP) is 0.875. The van der Waals surface area contributed by atoms with Crippen LogP contribution in [0.3, 0.4) is 0 Å². The number of rotatable bonds is 1. The number of amides is 1. The first kappa shape index (κ1) is 13.4. The van der Waals surface area contributed by atoms with Gasteiger partial charge in [-0.25, -0.2) is 0 Å². The van der Waals surface area contributed by atoms with Crippen LogP contribution in [0.4, 0.5) is 13.2 Å². The standard InChI is InChI=1S/C10H10F3NO3/c1-2-9(8(16)17)3-5-14(6-4-9)7(15)10(11,12)13/h1H,3-6H2,(H,16,17). The number of hydrogen-bond donors (Lipinski definition) is 1. The van der Waals surface area contributed by atoms with Crippen molar-refractivity contribution in [3.63, 3.8) is 0 Å². The van der Waals surface area contributed by atoms with Crippen LogP contribution in [0.2, 0.25) is 0 Å². The molecular weight excluding hydrogens is 239 g/mol. The van der Waals surface area contributed by atoms with E-state index in [1.165, 1.54) is 0 Å². The molecule has 17 heavy (non-hydrogen) atoms. The lowest BCUT2D eigenvalue weighted by atomic mass is 9.79. The number of likely N-dealkylation sites (tertiary alicyclic amines) is 1. The van der Waals surface area contributed by atoms with Gasteiger partial charge in [-0.3, -0.25) is 9.59 Å². The molecule has 0 aromatic carbocycles. The number of carbonyl (C=O) groups excluding carboxylic acids is 1. The second-order valence-electron chi connectivity index (χ2n) is 3.82. The number of alkyl halides is 3. The number of terminal acetylenes is 1. The normalized spacial score (nSPS) is 19.5. The minimum atomic E-state index is -4.93. The molecule has 1 amide bonds. The van der Waals surface area contributed by atoms with Gasteiger partial charge in [0.1, 0.15) is 5.41 Å². The summed E-state index contributed by atoms with van der Waals surface area (Å²) in [5.74, 6) is -1.09. The zero-order chi connectivity index (χ0) is 13.3. The van der Waals surface area contributed by atoms with Crippen molar-refractivity contribution in [1.82, 2.24) is 4.90 Å². The molecule has 1 N–H and O–H groups in total. The number of nitrogens with zero attached hydrogens (tertiary/aromatic N) is 1. The quantitative estimate of drug-likeness (QED) is 0.702. The van der Waals surface area contributed by atoms with Gasteiger partial charge in [0.2, 0.25) is 0 Å². The van der Waals surface area contributed by atoms with E-state index in [4.69, 9.17) is 11.5 Å². The summed E-state index contributed by atoms with van der Waals surface area (Å²) in [6.07, 6.45) is -0.173. The molecule has 0 saturated carbocycles. The molecule has 4 nitrogen and oxygen atoms in total. The lowest BCUT2D eigenvalue weighted by Gasteiger charge is -2.35. The van der Waals surface area contributed by atoms with Crippen molar-refractivity contribution in [2.45, 2.75) is 19.0 Å². The van der Waals surface area contributed by atoms with Gasteiger partial charge in [-0.05, 0) is 12.8 Å². The van der Waals surface area contributed by atoms with Crippen LogP contribution in [0, 0.1) is 17.8 Å². The Morgan fingerprint density at radius 2 is 1.76 bits per heavy atom. The first-order valence-electron chi connectivity index (χ1n) is 4.80. The summed E-state index contributed by atoms with van der Waals surface area (Å²) in [7, 11) is 0. The molecule has 0 aliphatic carbocycles. The van der Waals surface area contributed by atoms with Crippen LogP contribution in [0.15, 0.2) is 0 Å². The molecule has 1 rings (SSSR count). The Balaban J connectivity index is 2.73. The van der Waals surface area contributed by atoms with E-state index in [0.29, 0.717) is 4.90 Å². The van der Waals surface area contributed by atoms with Gasteiger partial charge in [0, 0.05) is 13.1 Å². The summed E-state index contributed by atoms with van der Waals surface area (Å²) >= 11 is 0. The fraction of sp³-hybridized carbons (Fsp3) is 0.600. The third-order valence-corrected chi connectivity index (χ3v) is 2.83. The fourth-order valence-electron chi connectivity index (χ4n) is 1.69. The van der Waals surface area contributed by atoms with Crippen LogP contribution in [-0.2, 0) is 9.59 Å². The second-order valence-corrected chi connectivity index (χ2v) is 3.82. The summed E-state index contributed by atoms with van der Waals surface area (Å²) < 4.78 is 36.4. The van der Waals surface area contributed by atoms with Crippen LogP contribution in [-0.4, -0.2) is 41.1 Å². The zero-order valence-corrected chi connectivity index (χ0v) is 8.75. The summed E-state index contributed by atoms with van der Waals surface area (Å²) in [6.45, 7) is -0.594. The Bertz CT molecular complexity index is 375. The van der Waals surface area contributed by atoms with Crippen molar-refractivity contribution in [2.24, 2.45) is 5.41 Å². The highest BCUT2D eigenvalue weighted by atomic mass is 19.4. The highest BCUT2D eigenvalue weighted by molar-refractivity contribution is 5.83. The van der Waals surface area contributed by atoms with Crippen molar-refractivity contribution in [2.75, 3.05) is 13.1 Å². The van der Waals surface area contributed by atoms with Crippen LogP contribution >= 0.6 is 0 Å². The average molecular weight is 249 g/mol. The molecule has 0 spiro atoms. The maximum atomic E-state index is 12.1. The number of aliphatic carboxylic acids is 1. The van der Waals surface area contributed by atoms with Gasteiger partial charge >= 0.3 is 18.1 Å². The minimum Gasteiger partial charge on any atom is -0.480 e. The molecule has 94 valence electrons. The van der Waals surface area contributed by atoms with E-state index in [-0.39, 0.29) is 25.9 Å². The van der Waals surface area contributed by atoms with Crippen molar-refractivity contribution in [1.29, 1.82) is 0 Å². The summed E-state index contributed by atoms with van der Waals surface area (Å²) in [5, 5.41) is 8.91. The molecule has 0 aromatic rings. The van der Waals surface area contributed by atoms with E-state index < -0.39 is 23.5 Å². The Morgan fingerprint density at radius 1 is 1.29 bits per heavy atom. The summed E-state index contributed by atoms with van der Waals surface area (Å²) in [4.78, 5) is 22.4. The molecule has 1 fully saturated rings. The van der Waals surface area contributed by atoms with E-state index in [0.717, 1.165) is 0 Å². The van der Waals surface area contributed by atoms with Gasteiger partial charge < -0.3 is 10.0 Å². The molecular formula is C10H10F3NO3. The number of carboxylic acids is 1. The van der Waals surface area contributed by atoms with E-state index >= 15 is 0 Å². The molecule has 1 saturated heterocycles.